The number of aromatic nitrogens is 1. The first-order valence-electron chi connectivity index (χ1n) is 10.1. The average molecular weight is 462 g/mol. The third-order valence-corrected chi connectivity index (χ3v) is 5.55. The van der Waals surface area contributed by atoms with Gasteiger partial charge in [-0.2, -0.15) is 0 Å². The van der Waals surface area contributed by atoms with Crippen LogP contribution in [0.5, 0.6) is 0 Å². The van der Waals surface area contributed by atoms with E-state index < -0.39 is 23.5 Å². The van der Waals surface area contributed by atoms with Gasteiger partial charge in [0, 0.05) is 24.3 Å². The van der Waals surface area contributed by atoms with Crippen LogP contribution in [0.25, 0.3) is 0 Å². The summed E-state index contributed by atoms with van der Waals surface area (Å²) in [6.45, 7) is 9.71. The van der Waals surface area contributed by atoms with E-state index in [0.717, 1.165) is 18.2 Å². The Morgan fingerprint density at radius 1 is 1.12 bits per heavy atom. The number of benzene rings is 1. The first-order valence-corrected chi connectivity index (χ1v) is 10.9. The van der Waals surface area contributed by atoms with Crippen molar-refractivity contribution in [3.63, 3.8) is 0 Å². The lowest BCUT2D eigenvalue weighted by atomic mass is 10.2. The number of nitrogens with zero attached hydrogens (tertiary/aromatic N) is 2. The summed E-state index contributed by atoms with van der Waals surface area (Å²) in [5.74, 6) is -0.974. The van der Waals surface area contributed by atoms with Gasteiger partial charge in [0.25, 0.3) is 11.8 Å². The molecule has 0 aliphatic carbocycles. The minimum absolute atomic E-state index is 0.258. The van der Waals surface area contributed by atoms with Gasteiger partial charge in [-0.25, -0.2) is 9.78 Å². The van der Waals surface area contributed by atoms with Crippen LogP contribution in [0.15, 0.2) is 24.3 Å². The normalized spacial score (nSPS) is 13.9. The van der Waals surface area contributed by atoms with Crippen molar-refractivity contribution in [3.8, 4) is 0 Å². The SMILES string of the molecule is Cc1nc(N2CCOCC2)sc1C(=O)NNC(=O)c1cccc(NC(=O)OC(C)(C)C)c1. The summed E-state index contributed by atoms with van der Waals surface area (Å²) in [4.78, 5) is 43.9. The van der Waals surface area contributed by atoms with Crippen LogP contribution in [0.3, 0.4) is 0 Å². The van der Waals surface area contributed by atoms with Gasteiger partial charge in [-0.3, -0.25) is 25.8 Å². The third-order valence-electron chi connectivity index (χ3n) is 4.33. The van der Waals surface area contributed by atoms with Gasteiger partial charge < -0.3 is 14.4 Å². The molecule has 0 spiro atoms. The number of carbonyl (C=O) groups is 3. The number of hydrazine groups is 1. The molecule has 3 N–H and O–H groups in total. The van der Waals surface area contributed by atoms with E-state index in [1.165, 1.54) is 17.4 Å². The van der Waals surface area contributed by atoms with Crippen LogP contribution < -0.4 is 21.1 Å². The first-order chi connectivity index (χ1) is 15.1. The number of amides is 3. The van der Waals surface area contributed by atoms with Crippen molar-refractivity contribution in [3.05, 3.63) is 40.4 Å². The predicted octanol–water partition coefficient (Wildman–Crippen LogP) is 2.71. The highest BCUT2D eigenvalue weighted by Crippen LogP contribution is 2.26. The summed E-state index contributed by atoms with van der Waals surface area (Å²) in [5.41, 5.74) is 5.42. The molecule has 2 aromatic rings. The number of nitrogens with one attached hydrogen (secondary N) is 3. The molecule has 1 aliphatic heterocycles. The lowest BCUT2D eigenvalue weighted by Gasteiger charge is -2.25. The van der Waals surface area contributed by atoms with E-state index in [0.29, 0.717) is 29.5 Å². The number of carbonyl (C=O) groups excluding carboxylic acids is 3. The van der Waals surface area contributed by atoms with Crippen molar-refractivity contribution in [1.29, 1.82) is 0 Å². The molecule has 0 saturated carbocycles. The van der Waals surface area contributed by atoms with Gasteiger partial charge in [0.2, 0.25) is 0 Å². The third kappa shape index (κ3) is 6.41. The van der Waals surface area contributed by atoms with Crippen LogP contribution in [0, 0.1) is 6.92 Å². The Hall–Kier alpha value is -3.18. The van der Waals surface area contributed by atoms with Crippen LogP contribution in [0.4, 0.5) is 15.6 Å². The fraction of sp³-hybridized carbons (Fsp3) is 0.429. The Kier molecular flexibility index (Phi) is 7.31. The predicted molar refractivity (Wildman–Crippen MR) is 121 cm³/mol. The van der Waals surface area contributed by atoms with Crippen molar-refractivity contribution in [2.45, 2.75) is 33.3 Å². The van der Waals surface area contributed by atoms with E-state index in [2.05, 4.69) is 26.1 Å². The maximum absolute atomic E-state index is 12.6. The molecule has 1 aromatic carbocycles. The van der Waals surface area contributed by atoms with E-state index in [1.54, 1.807) is 45.9 Å². The average Bonchev–Trinajstić information content (AvgIpc) is 3.13. The number of anilines is 2. The summed E-state index contributed by atoms with van der Waals surface area (Å²) in [6.07, 6.45) is -0.625. The van der Waals surface area contributed by atoms with Crippen LogP contribution in [0.2, 0.25) is 0 Å². The van der Waals surface area contributed by atoms with Crippen molar-refractivity contribution >= 4 is 40.1 Å². The molecular formula is C21H27N5O5S. The smallest absolute Gasteiger partial charge is 0.412 e. The summed E-state index contributed by atoms with van der Waals surface area (Å²) >= 11 is 1.27. The number of aryl methyl sites for hydroxylation is 1. The molecule has 0 unspecified atom stereocenters. The molecule has 3 amide bonds. The summed E-state index contributed by atoms with van der Waals surface area (Å²) < 4.78 is 10.5. The lowest BCUT2D eigenvalue weighted by molar-refractivity contribution is 0.0635. The fourth-order valence-corrected chi connectivity index (χ4v) is 3.90. The highest BCUT2D eigenvalue weighted by atomic mass is 32.1. The highest BCUT2D eigenvalue weighted by Gasteiger charge is 2.21. The second-order valence-corrected chi connectivity index (χ2v) is 9.10. The van der Waals surface area contributed by atoms with E-state index >= 15 is 0 Å². The van der Waals surface area contributed by atoms with Gasteiger partial charge in [-0.05, 0) is 45.9 Å². The quantitative estimate of drug-likeness (QED) is 0.599. The number of rotatable bonds is 4. The van der Waals surface area contributed by atoms with Crippen molar-refractivity contribution in [2.75, 3.05) is 36.5 Å². The number of hydrogen-bond donors (Lipinski definition) is 3. The molecule has 32 heavy (non-hydrogen) atoms. The number of hydrogen-bond acceptors (Lipinski definition) is 8. The molecule has 0 bridgehead atoms. The largest absolute Gasteiger partial charge is 0.444 e. The van der Waals surface area contributed by atoms with Crippen LogP contribution in [-0.2, 0) is 9.47 Å². The topological polar surface area (TPSA) is 122 Å². The van der Waals surface area contributed by atoms with Gasteiger partial charge in [0.1, 0.15) is 10.5 Å². The molecule has 1 aliphatic rings. The molecular weight excluding hydrogens is 434 g/mol. The van der Waals surface area contributed by atoms with Crippen molar-refractivity contribution < 1.29 is 23.9 Å². The number of thiazole rings is 1. The Bertz CT molecular complexity index is 995. The highest BCUT2D eigenvalue weighted by molar-refractivity contribution is 7.17. The minimum Gasteiger partial charge on any atom is -0.444 e. The second kappa shape index (κ2) is 9.96. The molecule has 10 nitrogen and oxygen atoms in total. The molecule has 1 aromatic heterocycles. The summed E-state index contributed by atoms with van der Waals surface area (Å²) in [6, 6.07) is 6.30. The van der Waals surface area contributed by atoms with Crippen molar-refractivity contribution in [1.82, 2.24) is 15.8 Å². The maximum atomic E-state index is 12.6. The molecule has 3 rings (SSSR count). The molecule has 11 heteroatoms. The lowest BCUT2D eigenvalue weighted by Crippen LogP contribution is -2.41. The van der Waals surface area contributed by atoms with E-state index in [-0.39, 0.29) is 5.56 Å². The van der Waals surface area contributed by atoms with E-state index in [9.17, 15) is 14.4 Å². The standard InChI is InChI=1S/C21H27N5O5S/c1-13-16(32-19(22-13)26-8-10-30-11-9-26)18(28)25-24-17(27)14-6-5-7-15(12-14)23-20(29)31-21(2,3)4/h5-7,12H,8-11H2,1-4H3,(H,23,29)(H,24,27)(H,25,28). The Morgan fingerprint density at radius 2 is 1.81 bits per heavy atom. The second-order valence-electron chi connectivity index (χ2n) is 8.13. The fourth-order valence-electron chi connectivity index (χ4n) is 2.88. The molecule has 1 fully saturated rings. The zero-order valence-corrected chi connectivity index (χ0v) is 19.3. The number of ether oxygens (including phenoxy) is 2. The van der Waals surface area contributed by atoms with E-state index in [4.69, 9.17) is 9.47 Å². The van der Waals surface area contributed by atoms with Crippen LogP contribution >= 0.6 is 11.3 Å². The Labute approximate surface area is 190 Å². The molecule has 172 valence electrons. The van der Waals surface area contributed by atoms with Gasteiger partial charge in [-0.1, -0.05) is 17.4 Å². The molecule has 2 heterocycles. The minimum atomic E-state index is -0.639. The van der Waals surface area contributed by atoms with Gasteiger partial charge in [-0.15, -0.1) is 0 Å². The van der Waals surface area contributed by atoms with E-state index in [1.807, 2.05) is 0 Å². The summed E-state index contributed by atoms with van der Waals surface area (Å²) in [5, 5.41) is 3.33. The summed E-state index contributed by atoms with van der Waals surface area (Å²) in [7, 11) is 0. The van der Waals surface area contributed by atoms with Crippen LogP contribution in [0.1, 0.15) is 46.5 Å². The Balaban J connectivity index is 1.58. The zero-order chi connectivity index (χ0) is 23.3. The molecule has 1 saturated heterocycles. The van der Waals surface area contributed by atoms with Crippen molar-refractivity contribution in [2.24, 2.45) is 0 Å². The molecule has 0 atom stereocenters. The molecule has 0 radical (unpaired) electrons. The van der Waals surface area contributed by atoms with Gasteiger partial charge >= 0.3 is 6.09 Å². The zero-order valence-electron chi connectivity index (χ0n) is 18.5. The Morgan fingerprint density at radius 3 is 2.50 bits per heavy atom. The monoisotopic (exact) mass is 461 g/mol. The number of morpholine rings is 1. The first kappa shape index (κ1) is 23.5. The van der Waals surface area contributed by atoms with Gasteiger partial charge in [0.05, 0.1) is 18.9 Å². The van der Waals surface area contributed by atoms with Gasteiger partial charge in [0.15, 0.2) is 5.13 Å². The van der Waals surface area contributed by atoms with Crippen LogP contribution in [-0.4, -0.2) is 54.8 Å². The maximum Gasteiger partial charge on any atom is 0.412 e.